The molecule has 0 spiro atoms. The van der Waals surface area contributed by atoms with E-state index in [0.717, 1.165) is 49.3 Å². The molecule has 1 aromatic heterocycles. The minimum absolute atomic E-state index is 0.107. The highest BCUT2D eigenvalue weighted by Gasteiger charge is 2.33. The van der Waals surface area contributed by atoms with Crippen LogP contribution in [-0.4, -0.2) is 65.3 Å². The zero-order valence-corrected chi connectivity index (χ0v) is 19.4. The molecule has 0 radical (unpaired) electrons. The molecule has 0 unspecified atom stereocenters. The lowest BCUT2D eigenvalue weighted by atomic mass is 9.99. The molecule has 2 aliphatic rings. The van der Waals surface area contributed by atoms with E-state index in [1.54, 1.807) is 0 Å². The summed E-state index contributed by atoms with van der Waals surface area (Å²) in [5.41, 5.74) is 3.18. The summed E-state index contributed by atoms with van der Waals surface area (Å²) in [6.45, 7) is 3.71. The van der Waals surface area contributed by atoms with Gasteiger partial charge in [-0.15, -0.1) is 0 Å². The van der Waals surface area contributed by atoms with E-state index in [1.165, 1.54) is 5.56 Å². The molecular weight excluding hydrogens is 402 g/mol. The van der Waals surface area contributed by atoms with E-state index in [2.05, 4.69) is 12.1 Å². The lowest BCUT2D eigenvalue weighted by Gasteiger charge is -2.37. The van der Waals surface area contributed by atoms with E-state index in [4.69, 9.17) is 9.97 Å². The predicted octanol–water partition coefficient (Wildman–Crippen LogP) is 2.92. The van der Waals surface area contributed by atoms with Gasteiger partial charge in [-0.25, -0.2) is 9.97 Å². The average Bonchev–Trinajstić information content (AvgIpc) is 2.78. The topological polar surface area (TPSA) is 69.6 Å². The van der Waals surface area contributed by atoms with Crippen molar-refractivity contribution < 1.29 is 9.59 Å². The number of piperidine rings is 1. The van der Waals surface area contributed by atoms with Crippen molar-refractivity contribution in [2.75, 3.05) is 38.6 Å². The number of anilines is 1. The molecule has 1 fully saturated rings. The van der Waals surface area contributed by atoms with Crippen LogP contribution >= 0.6 is 0 Å². The number of likely N-dealkylation sites (N-methyl/N-ethyl adjacent to an activating group) is 1. The van der Waals surface area contributed by atoms with Gasteiger partial charge in [0.1, 0.15) is 5.82 Å². The number of hydrogen-bond acceptors (Lipinski definition) is 5. The van der Waals surface area contributed by atoms with Crippen molar-refractivity contribution in [2.45, 2.75) is 51.5 Å². The number of aryl methyl sites for hydroxylation is 1. The molecule has 0 saturated carbocycles. The maximum atomic E-state index is 12.9. The third kappa shape index (κ3) is 4.83. The lowest BCUT2D eigenvalue weighted by molar-refractivity contribution is -0.136. The molecule has 3 heterocycles. The number of benzene rings is 1. The third-order valence-corrected chi connectivity index (χ3v) is 6.39. The summed E-state index contributed by atoms with van der Waals surface area (Å²) < 4.78 is 0. The van der Waals surface area contributed by atoms with Crippen LogP contribution < -0.4 is 4.90 Å². The molecule has 2 amide bonds. The van der Waals surface area contributed by atoms with Crippen LogP contribution in [0.5, 0.6) is 0 Å². The van der Waals surface area contributed by atoms with Gasteiger partial charge in [0.2, 0.25) is 11.8 Å². The maximum Gasteiger partial charge on any atom is 0.237 e. The smallest absolute Gasteiger partial charge is 0.237 e. The van der Waals surface area contributed by atoms with Crippen LogP contribution in [0.15, 0.2) is 30.3 Å². The largest absolute Gasteiger partial charge is 0.331 e. The number of carbonyl (C=O) groups excluding carboxylic acids is 2. The molecule has 32 heavy (non-hydrogen) atoms. The van der Waals surface area contributed by atoms with E-state index in [0.29, 0.717) is 31.8 Å². The van der Waals surface area contributed by atoms with Crippen molar-refractivity contribution >= 4 is 17.6 Å². The average molecular weight is 436 g/mol. The summed E-state index contributed by atoms with van der Waals surface area (Å²) in [6.07, 6.45) is 4.85. The van der Waals surface area contributed by atoms with E-state index >= 15 is 0 Å². The van der Waals surface area contributed by atoms with Crippen LogP contribution in [0.3, 0.4) is 0 Å². The molecule has 2 aromatic rings. The van der Waals surface area contributed by atoms with Gasteiger partial charge in [0.25, 0.3) is 0 Å². The molecule has 0 N–H and O–H groups in total. The Morgan fingerprint density at radius 3 is 2.66 bits per heavy atom. The molecule has 7 heteroatoms. The van der Waals surface area contributed by atoms with Crippen LogP contribution in [0, 0.1) is 6.92 Å². The van der Waals surface area contributed by atoms with Gasteiger partial charge in [-0.2, -0.15) is 0 Å². The number of amides is 2. The monoisotopic (exact) mass is 435 g/mol. The van der Waals surface area contributed by atoms with Crippen molar-refractivity contribution in [2.24, 2.45) is 0 Å². The number of likely N-dealkylation sites (tertiary alicyclic amines) is 1. The first kappa shape index (κ1) is 22.4. The minimum atomic E-state index is -0.131. The van der Waals surface area contributed by atoms with Crippen LogP contribution in [0.1, 0.15) is 54.4 Å². The number of nitrogens with zero attached hydrogens (tertiary/aromatic N) is 5. The van der Waals surface area contributed by atoms with Gasteiger partial charge < -0.3 is 9.80 Å². The fraction of sp³-hybridized carbons (Fsp3) is 0.520. The highest BCUT2D eigenvalue weighted by Crippen LogP contribution is 2.34. The number of rotatable bonds is 6. The van der Waals surface area contributed by atoms with E-state index in [1.807, 2.05) is 53.9 Å². The molecule has 170 valence electrons. The van der Waals surface area contributed by atoms with Crippen LogP contribution in [-0.2, 0) is 22.4 Å². The van der Waals surface area contributed by atoms with Gasteiger partial charge in [0.15, 0.2) is 5.82 Å². The Balaban J connectivity index is 1.64. The van der Waals surface area contributed by atoms with Crippen molar-refractivity contribution in [1.29, 1.82) is 0 Å². The molecule has 4 rings (SSSR count). The van der Waals surface area contributed by atoms with Crippen molar-refractivity contribution in [1.82, 2.24) is 19.8 Å². The van der Waals surface area contributed by atoms with E-state index < -0.39 is 0 Å². The number of fused-ring (bicyclic) bond motifs is 1. The fourth-order valence-corrected chi connectivity index (χ4v) is 4.73. The molecule has 1 aromatic carbocycles. The molecule has 1 atom stereocenters. The van der Waals surface area contributed by atoms with Gasteiger partial charge in [0, 0.05) is 30.8 Å². The molecular formula is C25H33N5O2. The highest BCUT2D eigenvalue weighted by molar-refractivity contribution is 5.95. The molecule has 1 saturated heterocycles. The minimum Gasteiger partial charge on any atom is -0.331 e. The summed E-state index contributed by atoms with van der Waals surface area (Å²) in [5.74, 6) is 1.63. The second kappa shape index (κ2) is 9.77. The summed E-state index contributed by atoms with van der Waals surface area (Å²) in [4.78, 5) is 41.2. The second-order valence-corrected chi connectivity index (χ2v) is 9.09. The number of aromatic nitrogens is 2. The Kier molecular flexibility index (Phi) is 6.84. The first-order chi connectivity index (χ1) is 15.4. The molecule has 0 aliphatic carbocycles. The highest BCUT2D eigenvalue weighted by atomic mass is 16.2. The maximum absolute atomic E-state index is 12.9. The zero-order chi connectivity index (χ0) is 22.7. The summed E-state index contributed by atoms with van der Waals surface area (Å²) in [7, 11) is 3.82. The number of hydrogen-bond donors (Lipinski definition) is 0. The van der Waals surface area contributed by atoms with Gasteiger partial charge in [0.05, 0.1) is 12.6 Å². The molecule has 0 bridgehead atoms. The molecule has 2 aliphatic heterocycles. The summed E-state index contributed by atoms with van der Waals surface area (Å²) in [5, 5.41) is 0. The predicted molar refractivity (Wildman–Crippen MR) is 124 cm³/mol. The number of carbonyl (C=O) groups is 2. The Morgan fingerprint density at radius 1 is 1.12 bits per heavy atom. The summed E-state index contributed by atoms with van der Waals surface area (Å²) >= 11 is 0. The van der Waals surface area contributed by atoms with Crippen molar-refractivity contribution in [3.8, 4) is 0 Å². The second-order valence-electron chi connectivity index (χ2n) is 9.09. The van der Waals surface area contributed by atoms with Crippen LogP contribution in [0.2, 0.25) is 0 Å². The zero-order valence-electron chi connectivity index (χ0n) is 19.4. The quantitative estimate of drug-likeness (QED) is 0.698. The van der Waals surface area contributed by atoms with E-state index in [-0.39, 0.29) is 17.9 Å². The summed E-state index contributed by atoms with van der Waals surface area (Å²) in [6, 6.07) is 10.1. The molecule has 7 nitrogen and oxygen atoms in total. The van der Waals surface area contributed by atoms with Crippen LogP contribution in [0.4, 0.5) is 5.82 Å². The Labute approximate surface area is 190 Å². The van der Waals surface area contributed by atoms with Crippen LogP contribution in [0.25, 0.3) is 0 Å². The van der Waals surface area contributed by atoms with Gasteiger partial charge in [-0.1, -0.05) is 30.3 Å². The Morgan fingerprint density at radius 2 is 1.91 bits per heavy atom. The SMILES string of the molecule is Cc1nc([C@H]2CCCCN2C(=O)CN(C)C)nc2c1CCC(=O)N2CCc1ccccc1. The lowest BCUT2D eigenvalue weighted by Crippen LogP contribution is -2.44. The van der Waals surface area contributed by atoms with Crippen molar-refractivity contribution in [3.63, 3.8) is 0 Å². The standard InChI is InChI=1S/C25H33N5O2/c1-18-20-12-13-22(31)30(16-14-19-9-5-4-6-10-19)25(20)27-24(26-18)21-11-7-8-15-29(21)23(32)17-28(2)3/h4-6,9-10,21H,7-8,11-17H2,1-3H3/t21-/m1/s1. The van der Waals surface area contributed by atoms with E-state index in [9.17, 15) is 9.59 Å². The van der Waals surface area contributed by atoms with Gasteiger partial charge >= 0.3 is 0 Å². The van der Waals surface area contributed by atoms with Crippen molar-refractivity contribution in [3.05, 3.63) is 53.0 Å². The fourth-order valence-electron chi connectivity index (χ4n) is 4.73. The first-order valence-electron chi connectivity index (χ1n) is 11.6. The Bertz CT molecular complexity index is 976. The first-order valence-corrected chi connectivity index (χ1v) is 11.6. The van der Waals surface area contributed by atoms with Gasteiger partial charge in [-0.05, 0) is 58.7 Å². The Hall–Kier alpha value is -2.80. The third-order valence-electron chi connectivity index (χ3n) is 6.39. The van der Waals surface area contributed by atoms with Gasteiger partial charge in [-0.3, -0.25) is 14.5 Å². The normalized spacial score (nSPS) is 18.8.